The molecule has 1 aliphatic rings. The van der Waals surface area contributed by atoms with Gasteiger partial charge in [0, 0.05) is 39.2 Å². The number of rotatable bonds is 6. The van der Waals surface area contributed by atoms with Gasteiger partial charge in [0.2, 0.25) is 0 Å². The Balaban J connectivity index is 1.36. The van der Waals surface area contributed by atoms with E-state index in [0.717, 1.165) is 61.0 Å². The van der Waals surface area contributed by atoms with E-state index < -0.39 is 17.6 Å². The number of alkyl halides is 3. The first-order chi connectivity index (χ1) is 17.8. The molecule has 5 rings (SSSR count). The Bertz CT molecular complexity index is 1420. The van der Waals surface area contributed by atoms with Crippen molar-refractivity contribution in [3.63, 3.8) is 0 Å². The van der Waals surface area contributed by atoms with Crippen molar-refractivity contribution in [2.45, 2.75) is 24.9 Å². The number of amides is 1. The largest absolute Gasteiger partial charge is 0.456 e. The SMILES string of the molecule is CPn1nc(C2CCCNC2)c2c(Oc3ccc(C(=O)Nc4cc(C(F)(F)F)ccn4)cc3)ccnc21. The van der Waals surface area contributed by atoms with E-state index in [9.17, 15) is 18.0 Å². The minimum absolute atomic E-state index is 0.183. The first-order valence-electron chi connectivity index (χ1n) is 11.7. The number of piperidine rings is 1. The number of nitrogens with zero attached hydrogens (tertiary/aromatic N) is 4. The Labute approximate surface area is 212 Å². The molecule has 0 radical (unpaired) electrons. The fraction of sp³-hybridized carbons (Fsp3) is 0.280. The molecular formula is C25H24F3N6O2P. The fourth-order valence-electron chi connectivity index (χ4n) is 4.32. The second-order valence-electron chi connectivity index (χ2n) is 8.58. The number of anilines is 1. The molecule has 8 nitrogen and oxygen atoms in total. The van der Waals surface area contributed by atoms with Crippen LogP contribution in [-0.2, 0) is 6.18 Å². The quantitative estimate of drug-likeness (QED) is 0.324. The lowest BCUT2D eigenvalue weighted by atomic mass is 9.94. The molecule has 1 aliphatic heterocycles. The minimum Gasteiger partial charge on any atom is -0.456 e. The third kappa shape index (κ3) is 5.42. The number of hydrogen-bond acceptors (Lipinski definition) is 6. The van der Waals surface area contributed by atoms with Crippen LogP contribution in [0, 0.1) is 0 Å². The Morgan fingerprint density at radius 1 is 1.16 bits per heavy atom. The van der Waals surface area contributed by atoms with Gasteiger partial charge < -0.3 is 15.4 Å². The van der Waals surface area contributed by atoms with Gasteiger partial charge in [-0.15, -0.1) is 0 Å². The zero-order valence-electron chi connectivity index (χ0n) is 19.8. The molecule has 0 saturated carbocycles. The lowest BCUT2D eigenvalue weighted by Crippen LogP contribution is -2.28. The maximum absolute atomic E-state index is 12.9. The lowest BCUT2D eigenvalue weighted by molar-refractivity contribution is -0.137. The summed E-state index contributed by atoms with van der Waals surface area (Å²) in [7, 11) is 0.417. The molecule has 2 atom stereocenters. The van der Waals surface area contributed by atoms with Crippen LogP contribution in [0.1, 0.15) is 40.4 Å². The number of pyridine rings is 2. The first kappa shape index (κ1) is 25.1. The number of carbonyl (C=O) groups is 1. The predicted molar refractivity (Wildman–Crippen MR) is 136 cm³/mol. The van der Waals surface area contributed by atoms with Crippen LogP contribution < -0.4 is 15.4 Å². The third-order valence-corrected chi connectivity index (χ3v) is 6.86. The summed E-state index contributed by atoms with van der Waals surface area (Å²) in [6, 6.07) is 9.79. The second-order valence-corrected chi connectivity index (χ2v) is 9.45. The molecular weight excluding hydrogens is 504 g/mol. The predicted octanol–water partition coefficient (Wildman–Crippen LogP) is 5.43. The van der Waals surface area contributed by atoms with Crippen molar-refractivity contribution in [3.05, 3.63) is 71.7 Å². The smallest absolute Gasteiger partial charge is 0.416 e. The van der Waals surface area contributed by atoms with Gasteiger partial charge in [-0.3, -0.25) is 4.79 Å². The van der Waals surface area contributed by atoms with Crippen LogP contribution in [0.3, 0.4) is 0 Å². The Hall–Kier alpha value is -3.56. The zero-order chi connectivity index (χ0) is 26.0. The minimum atomic E-state index is -4.53. The topological polar surface area (TPSA) is 94.0 Å². The van der Waals surface area contributed by atoms with Gasteiger partial charge in [0.25, 0.3) is 5.91 Å². The van der Waals surface area contributed by atoms with Crippen LogP contribution in [0.5, 0.6) is 11.5 Å². The third-order valence-electron chi connectivity index (χ3n) is 6.13. The lowest BCUT2D eigenvalue weighted by Gasteiger charge is -2.21. The molecule has 0 bridgehead atoms. The van der Waals surface area contributed by atoms with Crippen molar-refractivity contribution in [2.24, 2.45) is 0 Å². The average molecular weight is 528 g/mol. The highest BCUT2D eigenvalue weighted by Gasteiger charge is 2.31. The summed E-state index contributed by atoms with van der Waals surface area (Å²) in [5.41, 5.74) is 1.09. The standard InChI is InChI=1S/C25H24F3N6O2P/c1-37-34-23-21(22(33-34)16-3-2-10-29-14-16)19(9-12-31-23)36-18-6-4-15(5-7-18)24(35)32-20-13-17(8-11-30-20)25(26,27)28/h4-9,11-13,16,29,37H,2-3,10,14H2,1H3,(H,30,32,35). The maximum Gasteiger partial charge on any atom is 0.416 e. The summed E-state index contributed by atoms with van der Waals surface area (Å²) >= 11 is 0. The normalized spacial score (nSPS) is 16.4. The molecule has 2 N–H and O–H groups in total. The van der Waals surface area contributed by atoms with E-state index in [0.29, 0.717) is 20.2 Å². The van der Waals surface area contributed by atoms with Gasteiger partial charge in [-0.25, -0.2) is 14.4 Å². The van der Waals surface area contributed by atoms with Crippen molar-refractivity contribution >= 4 is 31.5 Å². The van der Waals surface area contributed by atoms with Gasteiger partial charge in [0.05, 0.1) is 16.6 Å². The van der Waals surface area contributed by atoms with Crippen LogP contribution in [0.2, 0.25) is 0 Å². The highest BCUT2D eigenvalue weighted by molar-refractivity contribution is 7.35. The number of fused-ring (bicyclic) bond motifs is 1. The van der Waals surface area contributed by atoms with Gasteiger partial charge >= 0.3 is 6.18 Å². The van der Waals surface area contributed by atoms with E-state index in [1.165, 1.54) is 0 Å². The number of hydrogen-bond donors (Lipinski definition) is 2. The van der Waals surface area contributed by atoms with Crippen LogP contribution in [-0.4, -0.2) is 45.2 Å². The van der Waals surface area contributed by atoms with Crippen molar-refractivity contribution in [1.29, 1.82) is 0 Å². The Morgan fingerprint density at radius 3 is 2.65 bits per heavy atom. The monoisotopic (exact) mass is 528 g/mol. The van der Waals surface area contributed by atoms with E-state index in [1.807, 2.05) is 11.1 Å². The van der Waals surface area contributed by atoms with E-state index in [4.69, 9.17) is 9.84 Å². The molecule has 192 valence electrons. The van der Waals surface area contributed by atoms with Crippen molar-refractivity contribution in [2.75, 3.05) is 25.1 Å². The number of aromatic nitrogens is 4. The van der Waals surface area contributed by atoms with Crippen molar-refractivity contribution in [3.8, 4) is 11.5 Å². The summed E-state index contributed by atoms with van der Waals surface area (Å²) in [6.07, 6.45) is 0.266. The number of benzene rings is 1. The highest BCUT2D eigenvalue weighted by Crippen LogP contribution is 2.38. The summed E-state index contributed by atoms with van der Waals surface area (Å²) in [6.45, 7) is 3.89. The van der Waals surface area contributed by atoms with Gasteiger partial charge in [-0.1, -0.05) is 0 Å². The molecule has 1 saturated heterocycles. The van der Waals surface area contributed by atoms with Crippen LogP contribution in [0.25, 0.3) is 11.0 Å². The maximum atomic E-state index is 12.9. The molecule has 37 heavy (non-hydrogen) atoms. The summed E-state index contributed by atoms with van der Waals surface area (Å²) in [4.78, 5) is 20.9. The number of ether oxygens (including phenoxy) is 1. The van der Waals surface area contributed by atoms with Crippen LogP contribution in [0.15, 0.2) is 54.9 Å². The first-order valence-corrected chi connectivity index (χ1v) is 13.2. The van der Waals surface area contributed by atoms with E-state index in [1.54, 1.807) is 36.5 Å². The average Bonchev–Trinajstić information content (AvgIpc) is 3.29. The second kappa shape index (κ2) is 10.4. The van der Waals surface area contributed by atoms with Crippen LogP contribution in [0.4, 0.5) is 19.0 Å². The number of carbonyl (C=O) groups excluding carboxylic acids is 1. The molecule has 3 aromatic heterocycles. The molecule has 12 heteroatoms. The molecule has 2 unspecified atom stereocenters. The summed E-state index contributed by atoms with van der Waals surface area (Å²) in [5.74, 6) is 0.622. The van der Waals surface area contributed by atoms with Crippen molar-refractivity contribution in [1.82, 2.24) is 24.8 Å². The molecule has 0 spiro atoms. The molecule has 4 heterocycles. The van der Waals surface area contributed by atoms with E-state index in [2.05, 4.69) is 20.6 Å². The highest BCUT2D eigenvalue weighted by atomic mass is 31.1. The molecule has 1 amide bonds. The number of halogens is 3. The zero-order valence-corrected chi connectivity index (χ0v) is 20.8. The van der Waals surface area contributed by atoms with E-state index >= 15 is 0 Å². The molecule has 1 aromatic carbocycles. The molecule has 0 aliphatic carbocycles. The summed E-state index contributed by atoms with van der Waals surface area (Å²) < 4.78 is 46.9. The molecule has 4 aromatic rings. The molecule has 1 fully saturated rings. The fourth-order valence-corrected chi connectivity index (χ4v) is 4.91. The van der Waals surface area contributed by atoms with Gasteiger partial charge in [-0.05, 0) is 68.5 Å². The van der Waals surface area contributed by atoms with E-state index in [-0.39, 0.29) is 17.3 Å². The Kier molecular flexibility index (Phi) is 7.08. The summed E-state index contributed by atoms with van der Waals surface area (Å²) in [5, 5.41) is 11.6. The van der Waals surface area contributed by atoms with Gasteiger partial charge in [0.1, 0.15) is 17.3 Å². The van der Waals surface area contributed by atoms with Crippen molar-refractivity contribution < 1.29 is 22.7 Å². The van der Waals surface area contributed by atoms with Crippen LogP contribution >= 0.6 is 8.73 Å². The van der Waals surface area contributed by atoms with Gasteiger partial charge in [0.15, 0.2) is 5.65 Å². The number of nitrogens with one attached hydrogen (secondary N) is 2. The van der Waals surface area contributed by atoms with Gasteiger partial charge in [-0.2, -0.15) is 18.3 Å². The Morgan fingerprint density at radius 2 is 1.95 bits per heavy atom.